The van der Waals surface area contributed by atoms with Crippen molar-refractivity contribution in [1.29, 1.82) is 0 Å². The fraction of sp³-hybridized carbons (Fsp3) is 0.400. The molecule has 0 amide bonds. The lowest BCUT2D eigenvalue weighted by Crippen LogP contribution is -2.24. The number of nitrogens with zero attached hydrogens (tertiary/aromatic N) is 1. The quantitative estimate of drug-likeness (QED) is 0.790. The molecule has 1 atom stereocenters. The van der Waals surface area contributed by atoms with Gasteiger partial charge in [0, 0.05) is 18.8 Å². The van der Waals surface area contributed by atoms with Gasteiger partial charge in [0.1, 0.15) is 5.82 Å². The zero-order valence-corrected chi connectivity index (χ0v) is 8.88. The summed E-state index contributed by atoms with van der Waals surface area (Å²) in [6.45, 7) is 1.57. The fourth-order valence-corrected chi connectivity index (χ4v) is 1.93. The highest BCUT2D eigenvalue weighted by Gasteiger charge is 2.23. The number of rotatable bonds is 2. The summed E-state index contributed by atoms with van der Waals surface area (Å²) in [6.07, 6.45) is 0.930. The summed E-state index contributed by atoms with van der Waals surface area (Å²) in [7, 11) is 0. The van der Waals surface area contributed by atoms with Gasteiger partial charge in [-0.2, -0.15) is 0 Å². The number of hydrogen-bond acceptors (Lipinski definition) is 3. The van der Waals surface area contributed by atoms with Crippen LogP contribution in [0.2, 0.25) is 5.02 Å². The number of anilines is 1. The van der Waals surface area contributed by atoms with E-state index in [1.165, 1.54) is 6.07 Å². The van der Waals surface area contributed by atoms with Crippen molar-refractivity contribution in [1.82, 2.24) is 0 Å². The van der Waals surface area contributed by atoms with Crippen LogP contribution in [-0.2, 0) is 4.84 Å². The Morgan fingerprint density at radius 3 is 2.93 bits per heavy atom. The average Bonchev–Trinajstić information content (AvgIpc) is 2.70. The van der Waals surface area contributed by atoms with Gasteiger partial charge in [-0.05, 0) is 24.6 Å². The van der Waals surface area contributed by atoms with Crippen molar-refractivity contribution in [2.24, 2.45) is 5.90 Å². The van der Waals surface area contributed by atoms with Crippen molar-refractivity contribution in [3.05, 3.63) is 29.0 Å². The Labute approximate surface area is 92.5 Å². The molecule has 1 aliphatic heterocycles. The molecule has 3 nitrogen and oxygen atoms in total. The molecule has 0 radical (unpaired) electrons. The molecule has 1 fully saturated rings. The second-order valence-electron chi connectivity index (χ2n) is 3.59. The summed E-state index contributed by atoms with van der Waals surface area (Å²) >= 11 is 5.70. The molecule has 1 aromatic rings. The summed E-state index contributed by atoms with van der Waals surface area (Å²) in [5.41, 5.74) is 0.904. The summed E-state index contributed by atoms with van der Waals surface area (Å²) < 4.78 is 12.9. The van der Waals surface area contributed by atoms with Gasteiger partial charge < -0.3 is 4.90 Å². The normalized spacial score (nSPS) is 21.0. The van der Waals surface area contributed by atoms with Gasteiger partial charge in [0.05, 0.1) is 11.1 Å². The van der Waals surface area contributed by atoms with Crippen molar-refractivity contribution in [2.45, 2.75) is 12.5 Å². The summed E-state index contributed by atoms with van der Waals surface area (Å²) in [5.74, 6) is 4.72. The molecule has 1 saturated heterocycles. The van der Waals surface area contributed by atoms with E-state index in [0.29, 0.717) is 0 Å². The van der Waals surface area contributed by atoms with Crippen LogP contribution in [0.1, 0.15) is 6.42 Å². The average molecular weight is 231 g/mol. The Kier molecular flexibility index (Phi) is 3.09. The van der Waals surface area contributed by atoms with Crippen LogP contribution in [0.25, 0.3) is 0 Å². The lowest BCUT2D eigenvalue weighted by Gasteiger charge is -2.18. The van der Waals surface area contributed by atoms with Crippen LogP contribution in [-0.4, -0.2) is 19.2 Å². The monoisotopic (exact) mass is 230 g/mol. The van der Waals surface area contributed by atoms with Gasteiger partial charge in [-0.1, -0.05) is 11.6 Å². The van der Waals surface area contributed by atoms with Crippen LogP contribution < -0.4 is 10.8 Å². The van der Waals surface area contributed by atoms with E-state index in [4.69, 9.17) is 22.3 Å². The van der Waals surface area contributed by atoms with Gasteiger partial charge in [0.25, 0.3) is 0 Å². The molecule has 0 spiro atoms. The molecule has 1 unspecified atom stereocenters. The van der Waals surface area contributed by atoms with E-state index >= 15 is 0 Å². The molecule has 82 valence electrons. The maximum Gasteiger partial charge on any atom is 0.141 e. The zero-order valence-electron chi connectivity index (χ0n) is 8.12. The van der Waals surface area contributed by atoms with E-state index in [1.54, 1.807) is 12.1 Å². The Morgan fingerprint density at radius 2 is 2.33 bits per heavy atom. The largest absolute Gasteiger partial charge is 0.369 e. The first-order valence-corrected chi connectivity index (χ1v) is 5.14. The minimum Gasteiger partial charge on any atom is -0.369 e. The van der Waals surface area contributed by atoms with E-state index in [-0.39, 0.29) is 11.1 Å². The number of hydrogen-bond donors (Lipinski definition) is 1. The van der Waals surface area contributed by atoms with E-state index in [9.17, 15) is 4.39 Å². The predicted octanol–water partition coefficient (Wildman–Crippen LogP) is 1.95. The van der Waals surface area contributed by atoms with Crippen LogP contribution >= 0.6 is 11.6 Å². The van der Waals surface area contributed by atoms with E-state index in [2.05, 4.69) is 4.90 Å². The minimum atomic E-state index is -0.397. The highest BCUT2D eigenvalue weighted by atomic mass is 35.5. The van der Waals surface area contributed by atoms with Crippen molar-refractivity contribution in [2.75, 3.05) is 18.0 Å². The Bertz CT molecular complexity index is 361. The van der Waals surface area contributed by atoms with Gasteiger partial charge in [-0.25, -0.2) is 10.3 Å². The molecule has 2 N–H and O–H groups in total. The van der Waals surface area contributed by atoms with Crippen molar-refractivity contribution in [3.8, 4) is 0 Å². The van der Waals surface area contributed by atoms with Crippen LogP contribution in [0.3, 0.4) is 0 Å². The first-order chi connectivity index (χ1) is 7.20. The molecule has 0 aromatic heterocycles. The molecule has 1 heterocycles. The van der Waals surface area contributed by atoms with Crippen LogP contribution in [0.15, 0.2) is 18.2 Å². The van der Waals surface area contributed by atoms with Gasteiger partial charge in [-0.3, -0.25) is 4.84 Å². The fourth-order valence-electron chi connectivity index (χ4n) is 1.76. The van der Waals surface area contributed by atoms with Crippen LogP contribution in [0.5, 0.6) is 0 Å². The molecule has 5 heteroatoms. The van der Waals surface area contributed by atoms with Gasteiger partial charge in [0.15, 0.2) is 0 Å². The molecule has 1 aliphatic rings. The molecule has 2 rings (SSSR count). The van der Waals surface area contributed by atoms with Crippen LogP contribution in [0, 0.1) is 5.82 Å². The summed E-state index contributed by atoms with van der Waals surface area (Å²) in [6, 6.07) is 4.70. The predicted molar refractivity (Wildman–Crippen MR) is 57.3 cm³/mol. The third kappa shape index (κ3) is 2.22. The third-order valence-corrected chi connectivity index (χ3v) is 2.90. The SMILES string of the molecule is NOC1CCN(c2ccc(F)c(Cl)c2)C1. The number of nitrogens with two attached hydrogens (primary N) is 1. The standard InChI is InChI=1S/C10H12ClFN2O/c11-9-5-7(1-2-10(9)12)14-4-3-8(6-14)15-13/h1-2,5,8H,3-4,6,13H2. The molecular formula is C10H12ClFN2O. The Hall–Kier alpha value is -0.840. The topological polar surface area (TPSA) is 38.5 Å². The lowest BCUT2D eigenvalue weighted by atomic mass is 10.3. The Morgan fingerprint density at radius 1 is 1.53 bits per heavy atom. The smallest absolute Gasteiger partial charge is 0.141 e. The van der Waals surface area contributed by atoms with Gasteiger partial charge >= 0.3 is 0 Å². The second-order valence-corrected chi connectivity index (χ2v) is 4.00. The van der Waals surface area contributed by atoms with E-state index in [1.807, 2.05) is 0 Å². The molecule has 1 aromatic carbocycles. The van der Waals surface area contributed by atoms with Crippen LogP contribution in [0.4, 0.5) is 10.1 Å². The molecule has 0 saturated carbocycles. The van der Waals surface area contributed by atoms with Gasteiger partial charge in [0.2, 0.25) is 0 Å². The van der Waals surface area contributed by atoms with Crippen molar-refractivity contribution in [3.63, 3.8) is 0 Å². The van der Waals surface area contributed by atoms with Crippen molar-refractivity contribution < 1.29 is 9.23 Å². The molecule has 15 heavy (non-hydrogen) atoms. The lowest BCUT2D eigenvalue weighted by molar-refractivity contribution is 0.0690. The van der Waals surface area contributed by atoms with E-state index in [0.717, 1.165) is 25.2 Å². The first kappa shape index (κ1) is 10.7. The summed E-state index contributed by atoms with van der Waals surface area (Å²) in [5, 5.41) is 0.143. The molecule has 0 aliphatic carbocycles. The minimum absolute atomic E-state index is 0.0498. The number of halogens is 2. The van der Waals surface area contributed by atoms with Gasteiger partial charge in [-0.15, -0.1) is 0 Å². The third-order valence-electron chi connectivity index (χ3n) is 2.61. The molecule has 0 bridgehead atoms. The molecular weight excluding hydrogens is 219 g/mol. The highest BCUT2D eigenvalue weighted by molar-refractivity contribution is 6.31. The summed E-state index contributed by atoms with van der Waals surface area (Å²) in [4.78, 5) is 6.84. The van der Waals surface area contributed by atoms with E-state index < -0.39 is 5.82 Å². The first-order valence-electron chi connectivity index (χ1n) is 4.76. The zero-order chi connectivity index (χ0) is 10.8. The Balaban J connectivity index is 2.13. The highest BCUT2D eigenvalue weighted by Crippen LogP contribution is 2.25. The maximum atomic E-state index is 12.9. The second kappa shape index (κ2) is 4.35. The maximum absolute atomic E-state index is 12.9. The number of benzene rings is 1. The van der Waals surface area contributed by atoms with Crippen molar-refractivity contribution >= 4 is 17.3 Å².